The van der Waals surface area contributed by atoms with Crippen LogP contribution in [0.4, 0.5) is 0 Å². The van der Waals surface area contributed by atoms with E-state index in [9.17, 15) is 9.59 Å². The van der Waals surface area contributed by atoms with Crippen LogP contribution in [0.2, 0.25) is 10.0 Å². The van der Waals surface area contributed by atoms with E-state index < -0.39 is 0 Å². The molecule has 3 aromatic rings. The van der Waals surface area contributed by atoms with E-state index in [0.29, 0.717) is 54.6 Å². The van der Waals surface area contributed by atoms with Gasteiger partial charge in [0.05, 0.1) is 10.0 Å². The average molecular weight is 430 g/mol. The van der Waals surface area contributed by atoms with Gasteiger partial charge in [-0.3, -0.25) is 9.59 Å². The molecule has 5 nitrogen and oxygen atoms in total. The zero-order chi connectivity index (χ0) is 20.4. The highest BCUT2D eigenvalue weighted by Crippen LogP contribution is 2.24. The van der Waals surface area contributed by atoms with E-state index in [1.165, 1.54) is 0 Å². The molecule has 0 radical (unpaired) electrons. The van der Waals surface area contributed by atoms with Gasteiger partial charge in [-0.25, -0.2) is 0 Å². The molecule has 1 aromatic heterocycles. The molecule has 0 unspecified atom stereocenters. The van der Waals surface area contributed by atoms with Crippen molar-refractivity contribution in [1.29, 1.82) is 0 Å². The van der Waals surface area contributed by atoms with Crippen LogP contribution in [0.1, 0.15) is 22.3 Å². The summed E-state index contributed by atoms with van der Waals surface area (Å²) in [7, 11) is 0. The maximum Gasteiger partial charge on any atom is 0.254 e. The van der Waals surface area contributed by atoms with Gasteiger partial charge >= 0.3 is 0 Å². The molecule has 2 aromatic carbocycles. The van der Waals surface area contributed by atoms with E-state index in [1.807, 2.05) is 29.3 Å². The van der Waals surface area contributed by atoms with Gasteiger partial charge in [0.2, 0.25) is 5.91 Å². The average Bonchev–Trinajstić information content (AvgIpc) is 3.17. The highest BCUT2D eigenvalue weighted by atomic mass is 35.5. The second-order valence-electron chi connectivity index (χ2n) is 7.16. The van der Waals surface area contributed by atoms with Crippen molar-refractivity contribution in [2.75, 3.05) is 26.2 Å². The van der Waals surface area contributed by atoms with E-state index in [1.54, 1.807) is 23.1 Å². The van der Waals surface area contributed by atoms with Gasteiger partial charge in [0.25, 0.3) is 5.91 Å². The molecule has 0 saturated carbocycles. The monoisotopic (exact) mass is 429 g/mol. The van der Waals surface area contributed by atoms with Crippen molar-refractivity contribution in [2.45, 2.75) is 12.8 Å². The number of hydrogen-bond donors (Lipinski definition) is 1. The van der Waals surface area contributed by atoms with Gasteiger partial charge < -0.3 is 14.8 Å². The lowest BCUT2D eigenvalue weighted by molar-refractivity contribution is -0.132. The first-order valence-corrected chi connectivity index (χ1v) is 10.4. The van der Waals surface area contributed by atoms with Gasteiger partial charge in [-0.2, -0.15) is 0 Å². The Morgan fingerprint density at radius 1 is 0.931 bits per heavy atom. The minimum Gasteiger partial charge on any atom is -0.361 e. The van der Waals surface area contributed by atoms with Crippen molar-refractivity contribution in [3.63, 3.8) is 0 Å². The van der Waals surface area contributed by atoms with Gasteiger partial charge in [0, 0.05) is 55.3 Å². The number of hydrogen-bond acceptors (Lipinski definition) is 2. The molecular weight excluding hydrogens is 409 g/mol. The lowest BCUT2D eigenvalue weighted by atomic mass is 10.1. The second-order valence-corrected chi connectivity index (χ2v) is 7.98. The number of aromatic nitrogens is 1. The van der Waals surface area contributed by atoms with Crippen molar-refractivity contribution in [2.24, 2.45) is 0 Å². The van der Waals surface area contributed by atoms with Crippen LogP contribution in [0.15, 0.2) is 48.7 Å². The van der Waals surface area contributed by atoms with Gasteiger partial charge in [-0.05, 0) is 36.2 Å². The molecule has 0 aliphatic carbocycles. The molecule has 2 heterocycles. The lowest BCUT2D eigenvalue weighted by Crippen LogP contribution is -2.50. The number of piperazine rings is 1. The number of carbonyl (C=O) groups excluding carboxylic acids is 2. The maximum atomic E-state index is 12.7. The first kappa shape index (κ1) is 19.8. The number of carbonyl (C=O) groups is 2. The predicted octanol–water partition coefficient (Wildman–Crippen LogP) is 4.39. The third kappa shape index (κ3) is 4.26. The summed E-state index contributed by atoms with van der Waals surface area (Å²) in [5.41, 5.74) is 2.75. The summed E-state index contributed by atoms with van der Waals surface area (Å²) in [6.07, 6.45) is 3.14. The molecule has 0 spiro atoms. The van der Waals surface area contributed by atoms with Crippen LogP contribution in [0.3, 0.4) is 0 Å². The number of fused-ring (bicyclic) bond motifs is 1. The number of H-pyrrole nitrogens is 1. The summed E-state index contributed by atoms with van der Waals surface area (Å²) in [5, 5.41) is 1.95. The molecule has 1 saturated heterocycles. The quantitative estimate of drug-likeness (QED) is 0.668. The number of aromatic amines is 1. The fraction of sp³-hybridized carbons (Fsp3) is 0.273. The number of amides is 2. The van der Waals surface area contributed by atoms with Gasteiger partial charge in [0.15, 0.2) is 0 Å². The molecule has 1 aliphatic heterocycles. The molecule has 2 amide bonds. The van der Waals surface area contributed by atoms with E-state index in [4.69, 9.17) is 23.2 Å². The number of rotatable bonds is 4. The second kappa shape index (κ2) is 8.47. The highest BCUT2D eigenvalue weighted by molar-refractivity contribution is 6.42. The first-order chi connectivity index (χ1) is 14.0. The third-order valence-electron chi connectivity index (χ3n) is 5.37. The SMILES string of the molecule is O=C(CCc1c[nH]c2ccccc12)N1CCN(C(=O)c2ccc(Cl)c(Cl)c2)CC1. The fourth-order valence-corrected chi connectivity index (χ4v) is 4.01. The summed E-state index contributed by atoms with van der Waals surface area (Å²) < 4.78 is 0. The predicted molar refractivity (Wildman–Crippen MR) is 116 cm³/mol. The van der Waals surface area contributed by atoms with Crippen molar-refractivity contribution in [1.82, 2.24) is 14.8 Å². The van der Waals surface area contributed by atoms with Gasteiger partial charge in [-0.15, -0.1) is 0 Å². The largest absolute Gasteiger partial charge is 0.361 e. The number of benzene rings is 2. The standard InChI is InChI=1S/C22H21Cl2N3O2/c23-18-7-5-15(13-19(18)24)22(29)27-11-9-26(10-12-27)21(28)8-6-16-14-25-20-4-2-1-3-17(16)20/h1-5,7,13-14,25H,6,8-12H2. The Kier molecular flexibility index (Phi) is 5.79. The van der Waals surface area contributed by atoms with Crippen molar-refractivity contribution in [3.8, 4) is 0 Å². The molecule has 29 heavy (non-hydrogen) atoms. The molecule has 4 rings (SSSR count). The zero-order valence-electron chi connectivity index (χ0n) is 15.8. The van der Waals surface area contributed by atoms with Crippen molar-refractivity contribution < 1.29 is 9.59 Å². The molecule has 0 bridgehead atoms. The van der Waals surface area contributed by atoms with Crippen LogP contribution in [-0.4, -0.2) is 52.8 Å². The normalized spacial score (nSPS) is 14.4. The summed E-state index contributed by atoms with van der Waals surface area (Å²) in [5.74, 6) is 0.0337. The topological polar surface area (TPSA) is 56.4 Å². The van der Waals surface area contributed by atoms with Crippen molar-refractivity contribution >= 4 is 45.9 Å². The summed E-state index contributed by atoms with van der Waals surface area (Å²) in [6.45, 7) is 2.11. The Hall–Kier alpha value is -2.50. The number of nitrogens with one attached hydrogen (secondary N) is 1. The summed E-state index contributed by atoms with van der Waals surface area (Å²) >= 11 is 11.9. The Morgan fingerprint density at radius 3 is 2.41 bits per heavy atom. The Labute approximate surface area is 179 Å². The van der Waals surface area contributed by atoms with Crippen LogP contribution in [-0.2, 0) is 11.2 Å². The fourth-order valence-electron chi connectivity index (χ4n) is 3.71. The van der Waals surface area contributed by atoms with Gasteiger partial charge in [0.1, 0.15) is 0 Å². The Bertz CT molecular complexity index is 1060. The minimum absolute atomic E-state index is 0.0885. The van der Waals surface area contributed by atoms with E-state index in [-0.39, 0.29) is 11.8 Å². The highest BCUT2D eigenvalue weighted by Gasteiger charge is 2.25. The van der Waals surface area contributed by atoms with Crippen LogP contribution >= 0.6 is 23.2 Å². The summed E-state index contributed by atoms with van der Waals surface area (Å²) in [6, 6.07) is 13.0. The molecule has 7 heteroatoms. The van der Waals surface area contributed by atoms with E-state index in [2.05, 4.69) is 11.1 Å². The number of nitrogens with zero attached hydrogens (tertiary/aromatic N) is 2. The Morgan fingerprint density at radius 2 is 1.66 bits per heavy atom. The van der Waals surface area contributed by atoms with Crippen LogP contribution in [0.5, 0.6) is 0 Å². The van der Waals surface area contributed by atoms with Crippen LogP contribution in [0, 0.1) is 0 Å². The smallest absolute Gasteiger partial charge is 0.254 e. The lowest BCUT2D eigenvalue weighted by Gasteiger charge is -2.35. The van der Waals surface area contributed by atoms with Gasteiger partial charge in [-0.1, -0.05) is 41.4 Å². The number of para-hydroxylation sites is 1. The van der Waals surface area contributed by atoms with E-state index in [0.717, 1.165) is 16.5 Å². The molecule has 0 atom stereocenters. The van der Waals surface area contributed by atoms with Crippen LogP contribution < -0.4 is 0 Å². The molecule has 150 valence electrons. The number of halogens is 2. The number of aryl methyl sites for hydroxylation is 1. The summed E-state index contributed by atoms with van der Waals surface area (Å²) in [4.78, 5) is 32.1. The zero-order valence-corrected chi connectivity index (χ0v) is 17.3. The third-order valence-corrected chi connectivity index (χ3v) is 6.11. The first-order valence-electron chi connectivity index (χ1n) is 9.60. The molecule has 1 fully saturated rings. The van der Waals surface area contributed by atoms with E-state index >= 15 is 0 Å². The maximum absolute atomic E-state index is 12.7. The molecular formula is C22H21Cl2N3O2. The van der Waals surface area contributed by atoms with Crippen molar-refractivity contribution in [3.05, 3.63) is 69.8 Å². The Balaban J connectivity index is 1.31. The molecule has 1 aliphatic rings. The minimum atomic E-state index is -0.0885. The van der Waals surface area contributed by atoms with Crippen LogP contribution in [0.25, 0.3) is 10.9 Å². The molecule has 1 N–H and O–H groups in total.